The van der Waals surface area contributed by atoms with E-state index in [1.165, 1.54) is 11.1 Å². The first-order valence-electron chi connectivity index (χ1n) is 10.7. The molecule has 2 aromatic carbocycles. The van der Waals surface area contributed by atoms with E-state index in [4.69, 9.17) is 9.47 Å². The van der Waals surface area contributed by atoms with Gasteiger partial charge in [0.1, 0.15) is 11.9 Å². The summed E-state index contributed by atoms with van der Waals surface area (Å²) in [5, 5.41) is 6.17. The lowest BCUT2D eigenvalue weighted by Gasteiger charge is -2.35. The van der Waals surface area contributed by atoms with Crippen LogP contribution in [0.5, 0.6) is 5.75 Å². The van der Waals surface area contributed by atoms with Gasteiger partial charge in [0.15, 0.2) is 12.6 Å². The number of nitrogens with zero attached hydrogens (tertiary/aromatic N) is 2. The van der Waals surface area contributed by atoms with E-state index in [0.29, 0.717) is 25.4 Å². The maximum Gasteiger partial charge on any atom is 0.257 e. The number of ether oxygens (including phenoxy) is 2. The number of hydrogen-bond acceptors (Lipinski definition) is 4. The number of nitrogens with one attached hydrogen (secondary N) is 2. The Balaban J connectivity index is 0.00000363. The normalized spacial score (nSPS) is 16.2. The summed E-state index contributed by atoms with van der Waals surface area (Å²) in [6.45, 7) is 7.41. The van der Waals surface area contributed by atoms with E-state index in [1.807, 2.05) is 37.3 Å². The van der Waals surface area contributed by atoms with Crippen molar-refractivity contribution in [2.24, 2.45) is 4.99 Å². The van der Waals surface area contributed by atoms with Crippen molar-refractivity contribution in [1.29, 1.82) is 0 Å². The van der Waals surface area contributed by atoms with Gasteiger partial charge in [-0.15, -0.1) is 24.0 Å². The van der Waals surface area contributed by atoms with Gasteiger partial charge in [0.25, 0.3) is 5.91 Å². The van der Waals surface area contributed by atoms with Crippen molar-refractivity contribution >= 4 is 35.8 Å². The average Bonchev–Trinajstić information content (AvgIpc) is 2.79. The van der Waals surface area contributed by atoms with Gasteiger partial charge in [-0.05, 0) is 42.7 Å². The topological polar surface area (TPSA) is 75.2 Å². The number of morpholine rings is 1. The van der Waals surface area contributed by atoms with Crippen LogP contribution in [0.3, 0.4) is 0 Å². The van der Waals surface area contributed by atoms with Crippen molar-refractivity contribution < 1.29 is 14.3 Å². The predicted molar refractivity (Wildman–Crippen MR) is 138 cm³/mol. The number of benzene rings is 2. The zero-order valence-corrected chi connectivity index (χ0v) is 21.3. The number of likely N-dealkylation sites (N-methyl/N-ethyl adjacent to an activating group) is 1. The third kappa shape index (κ3) is 7.37. The molecule has 0 spiro atoms. The van der Waals surface area contributed by atoms with E-state index >= 15 is 0 Å². The zero-order valence-electron chi connectivity index (χ0n) is 19.0. The fourth-order valence-electron chi connectivity index (χ4n) is 3.63. The smallest absolute Gasteiger partial charge is 0.257 e. The molecule has 2 N–H and O–H groups in total. The molecule has 8 heteroatoms. The second-order valence-corrected chi connectivity index (χ2v) is 7.45. The fraction of sp³-hybridized carbons (Fsp3) is 0.417. The number of rotatable bonds is 7. The van der Waals surface area contributed by atoms with Gasteiger partial charge in [0.2, 0.25) is 0 Å². The molecule has 3 rings (SSSR count). The molecule has 0 bridgehead atoms. The van der Waals surface area contributed by atoms with Crippen molar-refractivity contribution in [2.75, 3.05) is 39.9 Å². The summed E-state index contributed by atoms with van der Waals surface area (Å²) in [6.07, 6.45) is 0.0273. The second kappa shape index (κ2) is 13.3. The monoisotopic (exact) mass is 552 g/mol. The highest BCUT2D eigenvalue weighted by Gasteiger charge is 2.25. The molecule has 7 nitrogen and oxygen atoms in total. The molecule has 174 valence electrons. The number of aryl methyl sites for hydroxylation is 1. The van der Waals surface area contributed by atoms with Crippen LogP contribution >= 0.6 is 24.0 Å². The van der Waals surface area contributed by atoms with Crippen LogP contribution in [0.4, 0.5) is 0 Å². The summed E-state index contributed by atoms with van der Waals surface area (Å²) < 4.78 is 11.6. The van der Waals surface area contributed by atoms with Crippen LogP contribution in [0.1, 0.15) is 29.7 Å². The van der Waals surface area contributed by atoms with Crippen molar-refractivity contribution in [3.8, 4) is 5.75 Å². The van der Waals surface area contributed by atoms with Gasteiger partial charge in [-0.2, -0.15) is 0 Å². The summed E-state index contributed by atoms with van der Waals surface area (Å²) in [7, 11) is 1.80. The highest BCUT2D eigenvalue weighted by molar-refractivity contribution is 14.0. The number of halogens is 1. The molecule has 1 amide bonds. The van der Waals surface area contributed by atoms with Crippen molar-refractivity contribution in [3.63, 3.8) is 0 Å². The zero-order chi connectivity index (χ0) is 22.1. The van der Waals surface area contributed by atoms with Gasteiger partial charge in [-0.3, -0.25) is 9.79 Å². The van der Waals surface area contributed by atoms with Crippen molar-refractivity contribution in [1.82, 2.24) is 15.5 Å². The molecule has 1 saturated heterocycles. The van der Waals surface area contributed by atoms with E-state index in [0.717, 1.165) is 24.6 Å². The summed E-state index contributed by atoms with van der Waals surface area (Å²) in [4.78, 5) is 18.3. The minimum Gasteiger partial charge on any atom is -0.484 e. The molecule has 1 atom stereocenters. The van der Waals surface area contributed by atoms with Gasteiger partial charge in [0, 0.05) is 26.7 Å². The highest BCUT2D eigenvalue weighted by atomic mass is 127. The summed E-state index contributed by atoms with van der Waals surface area (Å²) in [6, 6.07) is 16.1. The van der Waals surface area contributed by atoms with Gasteiger partial charge in [-0.1, -0.05) is 36.4 Å². The average molecular weight is 552 g/mol. The minimum absolute atomic E-state index is 0. The Hall–Kier alpha value is -2.33. The summed E-state index contributed by atoms with van der Waals surface area (Å²) in [5.74, 6) is 1.39. The quantitative estimate of drug-likeness (QED) is 0.314. The lowest BCUT2D eigenvalue weighted by molar-refractivity contribution is -0.122. The van der Waals surface area contributed by atoms with Crippen LogP contribution in [-0.4, -0.2) is 56.7 Å². The lowest BCUT2D eigenvalue weighted by atomic mass is 10.0. The molecule has 1 heterocycles. The third-order valence-electron chi connectivity index (χ3n) is 5.21. The Morgan fingerprint density at radius 1 is 1.22 bits per heavy atom. The molecular weight excluding hydrogens is 519 g/mol. The van der Waals surface area contributed by atoms with Gasteiger partial charge < -0.3 is 25.0 Å². The van der Waals surface area contributed by atoms with Crippen molar-refractivity contribution in [2.45, 2.75) is 26.5 Å². The second-order valence-electron chi connectivity index (χ2n) is 7.45. The Morgan fingerprint density at radius 2 is 2.03 bits per heavy atom. The fourth-order valence-corrected chi connectivity index (χ4v) is 3.63. The molecule has 1 aliphatic rings. The minimum atomic E-state index is -0.123. The summed E-state index contributed by atoms with van der Waals surface area (Å²) in [5.41, 5.74) is 3.51. The predicted octanol–water partition coefficient (Wildman–Crippen LogP) is 3.28. The van der Waals surface area contributed by atoms with Crippen LogP contribution in [0.25, 0.3) is 0 Å². The molecule has 32 heavy (non-hydrogen) atoms. The number of guanidine groups is 1. The first kappa shape index (κ1) is 25.9. The molecular formula is C24H33IN4O3. The number of carbonyl (C=O) groups excluding carboxylic acids is 1. The third-order valence-corrected chi connectivity index (χ3v) is 5.21. The van der Waals surface area contributed by atoms with Crippen LogP contribution in [0, 0.1) is 6.92 Å². The molecule has 1 fully saturated rings. The van der Waals surface area contributed by atoms with E-state index in [2.05, 4.69) is 45.6 Å². The first-order valence-corrected chi connectivity index (χ1v) is 10.7. The maximum absolute atomic E-state index is 11.6. The maximum atomic E-state index is 11.6. The van der Waals surface area contributed by atoms with Crippen LogP contribution in [0.2, 0.25) is 0 Å². The Kier molecular flexibility index (Phi) is 10.8. The summed E-state index contributed by atoms with van der Waals surface area (Å²) >= 11 is 0. The largest absolute Gasteiger partial charge is 0.484 e. The first-order chi connectivity index (χ1) is 15.1. The highest BCUT2D eigenvalue weighted by Crippen LogP contribution is 2.25. The molecule has 1 aliphatic heterocycles. The lowest BCUT2D eigenvalue weighted by Crippen LogP contribution is -2.48. The van der Waals surface area contributed by atoms with E-state index < -0.39 is 0 Å². The number of carbonyl (C=O) groups is 1. The number of hydrogen-bond donors (Lipinski definition) is 2. The van der Waals surface area contributed by atoms with Crippen LogP contribution in [-0.2, 0) is 16.1 Å². The molecule has 0 saturated carbocycles. The Morgan fingerprint density at radius 3 is 2.78 bits per heavy atom. The number of aliphatic imine (C=N–C) groups is 1. The van der Waals surface area contributed by atoms with E-state index in [1.54, 1.807) is 7.05 Å². The Bertz CT molecular complexity index is 906. The van der Waals surface area contributed by atoms with Gasteiger partial charge in [0.05, 0.1) is 13.2 Å². The molecule has 1 unspecified atom stereocenters. The Labute approximate surface area is 207 Å². The van der Waals surface area contributed by atoms with Crippen LogP contribution in [0.15, 0.2) is 53.5 Å². The van der Waals surface area contributed by atoms with Crippen LogP contribution < -0.4 is 15.4 Å². The van der Waals surface area contributed by atoms with Gasteiger partial charge in [-0.25, -0.2) is 0 Å². The SMILES string of the molecule is CCNC(=O)COc1cccc(CNC(=NC)N2CCOC(c3ccccc3C)C2)c1.I. The van der Waals surface area contributed by atoms with E-state index in [-0.39, 0.29) is 42.6 Å². The molecule has 0 aliphatic carbocycles. The molecule has 2 aromatic rings. The van der Waals surface area contributed by atoms with E-state index in [9.17, 15) is 4.79 Å². The number of amides is 1. The molecule has 0 aromatic heterocycles. The standard InChI is InChI=1S/C24H32N4O3.HI/c1-4-26-23(29)17-31-20-10-7-9-19(14-20)15-27-24(25-3)28-12-13-30-22(16-28)21-11-6-5-8-18(21)2;/h5-11,14,22H,4,12-13,15-17H2,1-3H3,(H,25,27)(H,26,29);1H. The van der Waals surface area contributed by atoms with Crippen molar-refractivity contribution in [3.05, 3.63) is 65.2 Å². The van der Waals surface area contributed by atoms with Gasteiger partial charge >= 0.3 is 0 Å². The molecule has 0 radical (unpaired) electrons.